The number of amides is 1. The minimum absolute atomic E-state index is 0.228. The number of likely N-dealkylation sites (tertiary alicyclic amines) is 2. The van der Waals surface area contributed by atoms with Crippen molar-refractivity contribution in [3.05, 3.63) is 0 Å². The smallest absolute Gasteiger partial charge is 0.223 e. The maximum Gasteiger partial charge on any atom is 0.223 e. The predicted octanol–water partition coefficient (Wildman–Crippen LogP) is 1.31. The molecule has 0 saturated carbocycles. The van der Waals surface area contributed by atoms with Crippen molar-refractivity contribution in [3.63, 3.8) is 0 Å². The summed E-state index contributed by atoms with van der Waals surface area (Å²) >= 11 is 5.58. The first-order chi connectivity index (χ1) is 7.31. The Hall–Kier alpha value is -0.280. The number of carbonyl (C=O) groups excluding carboxylic acids is 1. The Kier molecular flexibility index (Phi) is 3.87. The molecule has 0 spiro atoms. The third-order valence-electron chi connectivity index (χ3n) is 3.48. The van der Waals surface area contributed by atoms with Crippen molar-refractivity contribution in [2.45, 2.75) is 31.7 Å². The van der Waals surface area contributed by atoms with Gasteiger partial charge < -0.3 is 4.90 Å². The van der Waals surface area contributed by atoms with E-state index in [1.807, 2.05) is 4.90 Å². The molecule has 4 heteroatoms. The first kappa shape index (κ1) is 11.2. The van der Waals surface area contributed by atoms with Crippen LogP contribution in [0.15, 0.2) is 0 Å². The Labute approximate surface area is 96.4 Å². The molecule has 0 radical (unpaired) electrons. The van der Waals surface area contributed by atoms with Gasteiger partial charge in [-0.15, -0.1) is 11.6 Å². The summed E-state index contributed by atoms with van der Waals surface area (Å²) in [5.74, 6) is 0.677. The molecule has 2 heterocycles. The lowest BCUT2D eigenvalue weighted by atomic mass is 10.2. The average Bonchev–Trinajstić information content (AvgIpc) is 2.89. The Bertz CT molecular complexity index is 229. The number of hydrogen-bond acceptors (Lipinski definition) is 2. The van der Waals surface area contributed by atoms with Gasteiger partial charge in [0, 0.05) is 31.4 Å². The maximum absolute atomic E-state index is 11.6. The summed E-state index contributed by atoms with van der Waals surface area (Å²) in [6.45, 7) is 4.30. The molecule has 0 N–H and O–H groups in total. The molecular formula is C11H19ClN2O. The van der Waals surface area contributed by atoms with Crippen LogP contribution in [0.1, 0.15) is 25.7 Å². The van der Waals surface area contributed by atoms with E-state index in [4.69, 9.17) is 11.6 Å². The van der Waals surface area contributed by atoms with Crippen molar-refractivity contribution in [1.29, 1.82) is 0 Å². The van der Waals surface area contributed by atoms with E-state index in [0.717, 1.165) is 19.5 Å². The molecule has 0 aromatic heterocycles. The summed E-state index contributed by atoms with van der Waals surface area (Å²) in [5.41, 5.74) is 0. The zero-order chi connectivity index (χ0) is 10.7. The largest absolute Gasteiger partial charge is 0.341 e. The van der Waals surface area contributed by atoms with Crippen LogP contribution in [0.25, 0.3) is 0 Å². The van der Waals surface area contributed by atoms with Crippen molar-refractivity contribution < 1.29 is 4.79 Å². The van der Waals surface area contributed by atoms with Gasteiger partial charge in [0.25, 0.3) is 0 Å². The fraction of sp³-hybridized carbons (Fsp3) is 0.909. The van der Waals surface area contributed by atoms with Crippen LogP contribution in [0.5, 0.6) is 0 Å². The standard InChI is InChI=1S/C11H19ClN2O/c12-5-3-11(15)14-8-4-10(9-14)13-6-1-2-7-13/h10H,1-9H2. The number of alkyl halides is 1. The number of hydrogen-bond donors (Lipinski definition) is 0. The zero-order valence-electron chi connectivity index (χ0n) is 9.12. The van der Waals surface area contributed by atoms with Crippen molar-refractivity contribution in [1.82, 2.24) is 9.80 Å². The van der Waals surface area contributed by atoms with Gasteiger partial charge in [-0.1, -0.05) is 0 Å². The van der Waals surface area contributed by atoms with Crippen molar-refractivity contribution in [3.8, 4) is 0 Å². The molecule has 0 aromatic rings. The van der Waals surface area contributed by atoms with Gasteiger partial charge in [-0.2, -0.15) is 0 Å². The van der Waals surface area contributed by atoms with Crippen LogP contribution in [0, 0.1) is 0 Å². The summed E-state index contributed by atoms with van der Waals surface area (Å²) < 4.78 is 0. The number of nitrogens with zero attached hydrogens (tertiary/aromatic N) is 2. The third-order valence-corrected chi connectivity index (χ3v) is 3.67. The number of rotatable bonds is 3. The second-order valence-electron chi connectivity index (χ2n) is 4.46. The van der Waals surface area contributed by atoms with Gasteiger partial charge >= 0.3 is 0 Å². The molecule has 2 aliphatic heterocycles. The fourth-order valence-corrected chi connectivity index (χ4v) is 2.77. The third kappa shape index (κ3) is 2.64. The average molecular weight is 231 g/mol. The summed E-state index contributed by atoms with van der Waals surface area (Å²) in [6.07, 6.45) is 4.29. The Balaban J connectivity index is 1.80. The van der Waals surface area contributed by atoms with Crippen LogP contribution in [0.3, 0.4) is 0 Å². The molecule has 2 fully saturated rings. The van der Waals surface area contributed by atoms with Gasteiger partial charge in [0.05, 0.1) is 0 Å². The maximum atomic E-state index is 11.6. The van der Waals surface area contributed by atoms with Gasteiger partial charge in [0.1, 0.15) is 0 Å². The van der Waals surface area contributed by atoms with Crippen LogP contribution in [0.2, 0.25) is 0 Å². The Morgan fingerprint density at radius 2 is 2.00 bits per heavy atom. The van der Waals surface area contributed by atoms with Crippen LogP contribution in [0.4, 0.5) is 0 Å². The van der Waals surface area contributed by atoms with Crippen molar-refractivity contribution >= 4 is 17.5 Å². The highest BCUT2D eigenvalue weighted by Crippen LogP contribution is 2.20. The number of carbonyl (C=O) groups is 1. The van der Waals surface area contributed by atoms with Crippen LogP contribution in [-0.2, 0) is 4.79 Å². The lowest BCUT2D eigenvalue weighted by molar-refractivity contribution is -0.129. The highest BCUT2D eigenvalue weighted by atomic mass is 35.5. The quantitative estimate of drug-likeness (QED) is 0.683. The summed E-state index contributed by atoms with van der Waals surface area (Å²) in [5, 5.41) is 0. The summed E-state index contributed by atoms with van der Waals surface area (Å²) in [4.78, 5) is 16.1. The molecule has 1 atom stereocenters. The summed E-state index contributed by atoms with van der Waals surface area (Å²) in [7, 11) is 0. The van der Waals surface area contributed by atoms with E-state index in [9.17, 15) is 4.79 Å². The fourth-order valence-electron chi connectivity index (χ4n) is 2.61. The molecule has 1 amide bonds. The van der Waals surface area contributed by atoms with Crippen LogP contribution >= 0.6 is 11.6 Å². The Morgan fingerprint density at radius 3 is 2.67 bits per heavy atom. The van der Waals surface area contributed by atoms with Crippen LogP contribution < -0.4 is 0 Å². The van der Waals surface area contributed by atoms with E-state index >= 15 is 0 Å². The summed E-state index contributed by atoms with van der Waals surface area (Å²) in [6, 6.07) is 0.617. The molecular weight excluding hydrogens is 212 g/mol. The molecule has 3 nitrogen and oxygen atoms in total. The van der Waals surface area contributed by atoms with E-state index in [2.05, 4.69) is 4.90 Å². The second kappa shape index (κ2) is 5.17. The van der Waals surface area contributed by atoms with Gasteiger partial charge in [0.2, 0.25) is 5.91 Å². The first-order valence-electron chi connectivity index (χ1n) is 5.89. The normalized spacial score (nSPS) is 27.5. The predicted molar refractivity (Wildman–Crippen MR) is 61.1 cm³/mol. The Morgan fingerprint density at radius 1 is 1.27 bits per heavy atom. The van der Waals surface area contributed by atoms with E-state index < -0.39 is 0 Å². The van der Waals surface area contributed by atoms with E-state index in [1.54, 1.807) is 0 Å². The van der Waals surface area contributed by atoms with Gasteiger partial charge in [-0.25, -0.2) is 0 Å². The first-order valence-corrected chi connectivity index (χ1v) is 6.42. The van der Waals surface area contributed by atoms with Crippen molar-refractivity contribution in [2.24, 2.45) is 0 Å². The van der Waals surface area contributed by atoms with Gasteiger partial charge in [-0.3, -0.25) is 9.69 Å². The second-order valence-corrected chi connectivity index (χ2v) is 4.84. The minimum Gasteiger partial charge on any atom is -0.341 e. The highest BCUT2D eigenvalue weighted by molar-refractivity contribution is 6.18. The van der Waals surface area contributed by atoms with E-state index in [1.165, 1.54) is 25.9 Å². The minimum atomic E-state index is 0.228. The highest BCUT2D eigenvalue weighted by Gasteiger charge is 2.30. The lowest BCUT2D eigenvalue weighted by Gasteiger charge is -2.23. The SMILES string of the molecule is O=C(CCCl)N1CCC(N2CCCC2)C1. The zero-order valence-corrected chi connectivity index (χ0v) is 9.88. The molecule has 0 aliphatic carbocycles. The molecule has 15 heavy (non-hydrogen) atoms. The molecule has 0 bridgehead atoms. The number of halogens is 1. The van der Waals surface area contributed by atoms with Gasteiger partial charge in [0.15, 0.2) is 0 Å². The van der Waals surface area contributed by atoms with Gasteiger partial charge in [-0.05, 0) is 32.4 Å². The molecule has 1 unspecified atom stereocenters. The van der Waals surface area contributed by atoms with E-state index in [0.29, 0.717) is 18.3 Å². The molecule has 0 aromatic carbocycles. The lowest BCUT2D eigenvalue weighted by Crippen LogP contribution is -2.37. The molecule has 2 saturated heterocycles. The van der Waals surface area contributed by atoms with Crippen LogP contribution in [-0.4, -0.2) is 53.8 Å². The van der Waals surface area contributed by atoms with Crippen molar-refractivity contribution in [2.75, 3.05) is 32.1 Å². The monoisotopic (exact) mass is 230 g/mol. The molecule has 2 aliphatic rings. The topological polar surface area (TPSA) is 23.6 Å². The molecule has 86 valence electrons. The van der Waals surface area contributed by atoms with E-state index in [-0.39, 0.29) is 5.91 Å². The molecule has 2 rings (SSSR count).